The molecule has 2 aromatic carbocycles. The second kappa shape index (κ2) is 12.3. The molecule has 0 radical (unpaired) electrons. The summed E-state index contributed by atoms with van der Waals surface area (Å²) in [6.07, 6.45) is 0. The van der Waals surface area contributed by atoms with Crippen LogP contribution in [0.2, 0.25) is 10.0 Å². The number of hydrogen-bond donors (Lipinski definition) is 1. The molecule has 0 aliphatic rings. The van der Waals surface area contributed by atoms with Crippen LogP contribution in [0.5, 0.6) is 0 Å². The molecule has 0 unspecified atom stereocenters. The average Bonchev–Trinajstić information content (AvgIpc) is 2.72. The van der Waals surface area contributed by atoms with Gasteiger partial charge in [0, 0.05) is 34.5 Å². The molecule has 8 heteroatoms. The van der Waals surface area contributed by atoms with E-state index in [1.54, 1.807) is 25.1 Å². The Labute approximate surface area is 197 Å². The van der Waals surface area contributed by atoms with Gasteiger partial charge in [-0.15, -0.1) is 11.8 Å². The molecule has 1 N–H and O–H groups in total. The second-order valence-electron chi connectivity index (χ2n) is 7.62. The third-order valence-electron chi connectivity index (χ3n) is 4.68. The van der Waals surface area contributed by atoms with Gasteiger partial charge >= 0.3 is 0 Å². The minimum atomic E-state index is -0.680. The Morgan fingerprint density at radius 2 is 1.74 bits per heavy atom. The molecule has 31 heavy (non-hydrogen) atoms. The van der Waals surface area contributed by atoms with Crippen molar-refractivity contribution < 1.29 is 14.0 Å². The number of hydrogen-bond acceptors (Lipinski definition) is 3. The zero-order chi connectivity index (χ0) is 23.0. The van der Waals surface area contributed by atoms with Crippen LogP contribution >= 0.6 is 35.0 Å². The van der Waals surface area contributed by atoms with Gasteiger partial charge in [0.2, 0.25) is 11.8 Å². The number of carbonyl (C=O) groups excluding carboxylic acids is 2. The van der Waals surface area contributed by atoms with E-state index in [-0.39, 0.29) is 29.9 Å². The quantitative estimate of drug-likeness (QED) is 0.480. The fourth-order valence-electron chi connectivity index (χ4n) is 2.84. The van der Waals surface area contributed by atoms with E-state index in [4.69, 9.17) is 23.2 Å². The number of benzene rings is 2. The molecular formula is C23H27Cl2FN2O2S. The molecule has 0 bridgehead atoms. The van der Waals surface area contributed by atoms with E-state index in [0.29, 0.717) is 28.1 Å². The Kier molecular flexibility index (Phi) is 10.1. The maximum absolute atomic E-state index is 14.0. The molecule has 0 heterocycles. The van der Waals surface area contributed by atoms with Crippen LogP contribution in [0, 0.1) is 11.7 Å². The standard InChI is InChI=1S/C23H27Cl2FN2O2S/c1-15(2)11-27-23(30)16(3)28(12-17-7-4-5-8-19(17)24)22(29)14-31-13-18-20(25)9-6-10-21(18)26/h4-10,15-16H,11-14H2,1-3H3,(H,27,30)/t16-/m0/s1. The van der Waals surface area contributed by atoms with Crippen LogP contribution in [0.1, 0.15) is 31.9 Å². The molecule has 4 nitrogen and oxygen atoms in total. The Morgan fingerprint density at radius 1 is 1.06 bits per heavy atom. The first kappa shape index (κ1) is 25.5. The molecule has 0 fully saturated rings. The minimum Gasteiger partial charge on any atom is -0.354 e. The van der Waals surface area contributed by atoms with Crippen molar-refractivity contribution in [3.05, 3.63) is 69.5 Å². The Hall–Kier alpha value is -1.76. The highest BCUT2D eigenvalue weighted by atomic mass is 35.5. The molecule has 0 saturated heterocycles. The lowest BCUT2D eigenvalue weighted by atomic mass is 10.1. The third-order valence-corrected chi connectivity index (χ3v) is 6.35. The number of carbonyl (C=O) groups is 2. The van der Waals surface area contributed by atoms with Gasteiger partial charge in [0.05, 0.1) is 5.75 Å². The van der Waals surface area contributed by atoms with E-state index in [1.807, 2.05) is 32.0 Å². The lowest BCUT2D eigenvalue weighted by Crippen LogP contribution is -2.48. The number of nitrogens with zero attached hydrogens (tertiary/aromatic N) is 1. The largest absolute Gasteiger partial charge is 0.354 e. The van der Waals surface area contributed by atoms with Crippen molar-refractivity contribution in [1.82, 2.24) is 10.2 Å². The van der Waals surface area contributed by atoms with Gasteiger partial charge in [-0.3, -0.25) is 9.59 Å². The van der Waals surface area contributed by atoms with Gasteiger partial charge in [-0.05, 0) is 36.6 Å². The van der Waals surface area contributed by atoms with E-state index in [1.165, 1.54) is 22.7 Å². The predicted octanol–water partition coefficient (Wildman–Crippen LogP) is 5.56. The van der Waals surface area contributed by atoms with Crippen LogP contribution < -0.4 is 5.32 Å². The van der Waals surface area contributed by atoms with Crippen molar-refractivity contribution in [3.8, 4) is 0 Å². The molecular weight excluding hydrogens is 458 g/mol. The Bertz CT molecular complexity index is 891. The molecule has 0 aromatic heterocycles. The first-order chi connectivity index (χ1) is 14.7. The third kappa shape index (κ3) is 7.70. The molecule has 2 rings (SSSR count). The van der Waals surface area contributed by atoms with Gasteiger partial charge in [0.15, 0.2) is 0 Å². The smallest absolute Gasteiger partial charge is 0.242 e. The molecule has 1 atom stereocenters. The highest BCUT2D eigenvalue weighted by Gasteiger charge is 2.26. The van der Waals surface area contributed by atoms with Crippen LogP contribution in [0.4, 0.5) is 4.39 Å². The van der Waals surface area contributed by atoms with Gasteiger partial charge < -0.3 is 10.2 Å². The van der Waals surface area contributed by atoms with Crippen LogP contribution in [-0.4, -0.2) is 35.1 Å². The van der Waals surface area contributed by atoms with Crippen molar-refractivity contribution in [1.29, 1.82) is 0 Å². The van der Waals surface area contributed by atoms with Crippen molar-refractivity contribution in [2.45, 2.75) is 39.1 Å². The normalized spacial score (nSPS) is 12.0. The summed E-state index contributed by atoms with van der Waals surface area (Å²) < 4.78 is 14.0. The van der Waals surface area contributed by atoms with Gasteiger partial charge in [-0.2, -0.15) is 0 Å². The summed E-state index contributed by atoms with van der Waals surface area (Å²) in [5.74, 6) is -0.227. The first-order valence-corrected chi connectivity index (χ1v) is 11.9. The van der Waals surface area contributed by atoms with Crippen LogP contribution in [-0.2, 0) is 21.9 Å². The Morgan fingerprint density at radius 3 is 2.39 bits per heavy atom. The predicted molar refractivity (Wildman–Crippen MR) is 127 cm³/mol. The summed E-state index contributed by atoms with van der Waals surface area (Å²) in [6.45, 7) is 6.43. The maximum Gasteiger partial charge on any atom is 0.242 e. The zero-order valence-corrected chi connectivity index (χ0v) is 20.2. The summed E-state index contributed by atoms with van der Waals surface area (Å²) in [4.78, 5) is 27.2. The molecule has 0 spiro atoms. The summed E-state index contributed by atoms with van der Waals surface area (Å²) in [6, 6.07) is 11.0. The molecule has 0 aliphatic carbocycles. The summed E-state index contributed by atoms with van der Waals surface area (Å²) in [5, 5.41) is 3.73. The van der Waals surface area contributed by atoms with Crippen molar-refractivity contribution in [3.63, 3.8) is 0 Å². The maximum atomic E-state index is 14.0. The highest BCUT2D eigenvalue weighted by Crippen LogP contribution is 2.25. The number of rotatable bonds is 10. The van der Waals surface area contributed by atoms with E-state index in [9.17, 15) is 14.0 Å². The fourth-order valence-corrected chi connectivity index (χ4v) is 4.28. The highest BCUT2D eigenvalue weighted by molar-refractivity contribution is 7.99. The summed E-state index contributed by atoms with van der Waals surface area (Å²) in [5.41, 5.74) is 1.12. The van der Waals surface area contributed by atoms with Gasteiger partial charge in [-0.1, -0.05) is 61.3 Å². The minimum absolute atomic E-state index is 0.0803. The van der Waals surface area contributed by atoms with E-state index >= 15 is 0 Å². The molecule has 0 saturated carbocycles. The van der Waals surface area contributed by atoms with Crippen LogP contribution in [0.15, 0.2) is 42.5 Å². The number of thioether (sulfide) groups is 1. The van der Waals surface area contributed by atoms with Crippen LogP contribution in [0.3, 0.4) is 0 Å². The van der Waals surface area contributed by atoms with Gasteiger partial charge in [0.1, 0.15) is 11.9 Å². The second-order valence-corrected chi connectivity index (χ2v) is 9.42. The topological polar surface area (TPSA) is 49.4 Å². The van der Waals surface area contributed by atoms with Gasteiger partial charge in [-0.25, -0.2) is 4.39 Å². The number of amides is 2. The molecule has 2 aromatic rings. The van der Waals surface area contributed by atoms with E-state index in [2.05, 4.69) is 5.32 Å². The zero-order valence-electron chi connectivity index (χ0n) is 17.8. The Balaban J connectivity index is 2.11. The fraction of sp³-hybridized carbons (Fsp3) is 0.391. The lowest BCUT2D eigenvalue weighted by molar-refractivity contribution is -0.138. The monoisotopic (exact) mass is 484 g/mol. The molecule has 2 amide bonds. The molecule has 168 valence electrons. The number of halogens is 3. The van der Waals surface area contributed by atoms with Crippen LogP contribution in [0.25, 0.3) is 0 Å². The van der Waals surface area contributed by atoms with Gasteiger partial charge in [0.25, 0.3) is 0 Å². The summed E-state index contributed by atoms with van der Waals surface area (Å²) in [7, 11) is 0. The van der Waals surface area contributed by atoms with E-state index < -0.39 is 11.9 Å². The summed E-state index contributed by atoms with van der Waals surface area (Å²) >= 11 is 13.6. The SMILES string of the molecule is CC(C)CNC(=O)[C@H](C)N(Cc1ccccc1Cl)C(=O)CSCc1c(F)cccc1Cl. The first-order valence-electron chi connectivity index (χ1n) is 10.0. The lowest BCUT2D eigenvalue weighted by Gasteiger charge is -2.29. The average molecular weight is 485 g/mol. The van der Waals surface area contributed by atoms with E-state index in [0.717, 1.165) is 5.56 Å². The van der Waals surface area contributed by atoms with Crippen molar-refractivity contribution in [2.24, 2.45) is 5.92 Å². The molecule has 0 aliphatic heterocycles. The number of nitrogens with one attached hydrogen (secondary N) is 1. The van der Waals surface area contributed by atoms with Crippen molar-refractivity contribution >= 4 is 46.8 Å². The van der Waals surface area contributed by atoms with Crippen molar-refractivity contribution in [2.75, 3.05) is 12.3 Å².